The van der Waals surface area contributed by atoms with E-state index in [9.17, 15) is 14.4 Å². The van der Waals surface area contributed by atoms with Crippen molar-refractivity contribution in [1.29, 1.82) is 0 Å². The second-order valence-corrected chi connectivity index (χ2v) is 24.8. The molecule has 480 valence electrons. The molecule has 0 aliphatic heterocycles. The Labute approximate surface area is 511 Å². The summed E-state index contributed by atoms with van der Waals surface area (Å²) in [5.74, 6) is -0.838. The van der Waals surface area contributed by atoms with Crippen LogP contribution in [-0.2, 0) is 28.6 Å². The van der Waals surface area contributed by atoms with E-state index >= 15 is 0 Å². The first kappa shape index (κ1) is 79.4. The summed E-state index contributed by atoms with van der Waals surface area (Å²) < 4.78 is 16.9. The van der Waals surface area contributed by atoms with Gasteiger partial charge in [-0.25, -0.2) is 0 Å². The Morgan fingerprint density at radius 1 is 0.256 bits per heavy atom. The second-order valence-electron chi connectivity index (χ2n) is 24.8. The fourth-order valence-corrected chi connectivity index (χ4v) is 11.1. The lowest BCUT2D eigenvalue weighted by Gasteiger charge is -2.18. The van der Waals surface area contributed by atoms with Crippen molar-refractivity contribution in [2.24, 2.45) is 0 Å². The van der Waals surface area contributed by atoms with E-state index in [4.69, 9.17) is 14.2 Å². The fraction of sp³-hybridized carbons (Fsp3) is 0.855. The molecule has 1 atom stereocenters. The van der Waals surface area contributed by atoms with Gasteiger partial charge in [-0.3, -0.25) is 14.4 Å². The third-order valence-corrected chi connectivity index (χ3v) is 16.6. The largest absolute Gasteiger partial charge is 0.462 e. The maximum atomic E-state index is 12.9. The van der Waals surface area contributed by atoms with Crippen LogP contribution in [0.2, 0.25) is 0 Å². The number of rotatable bonds is 68. The van der Waals surface area contributed by atoms with Crippen LogP contribution >= 0.6 is 0 Å². The van der Waals surface area contributed by atoms with Gasteiger partial charge in [0.2, 0.25) is 0 Å². The van der Waals surface area contributed by atoms with E-state index < -0.39 is 6.10 Å². The predicted molar refractivity (Wildman–Crippen MR) is 358 cm³/mol. The number of carbonyl (C=O) groups excluding carboxylic acids is 3. The normalized spacial score (nSPS) is 12.3. The van der Waals surface area contributed by atoms with Crippen LogP contribution in [0, 0.1) is 0 Å². The predicted octanol–water partition coefficient (Wildman–Crippen LogP) is 25.3. The van der Waals surface area contributed by atoms with Crippen molar-refractivity contribution in [3.05, 3.63) is 48.6 Å². The van der Waals surface area contributed by atoms with E-state index in [1.807, 2.05) is 0 Å². The topological polar surface area (TPSA) is 78.9 Å². The van der Waals surface area contributed by atoms with Gasteiger partial charge in [0.05, 0.1) is 0 Å². The van der Waals surface area contributed by atoms with Crippen LogP contribution in [0.4, 0.5) is 0 Å². The van der Waals surface area contributed by atoms with Crippen LogP contribution in [0.5, 0.6) is 0 Å². The minimum atomic E-state index is -0.766. The average molecular weight is 1150 g/mol. The van der Waals surface area contributed by atoms with Gasteiger partial charge in [-0.15, -0.1) is 0 Å². The molecule has 0 radical (unpaired) electrons. The molecule has 0 rings (SSSR count). The number of unbranched alkanes of at least 4 members (excludes halogenated alkanes) is 49. The highest BCUT2D eigenvalue weighted by molar-refractivity contribution is 5.71. The van der Waals surface area contributed by atoms with Gasteiger partial charge in [-0.05, 0) is 57.8 Å². The molecule has 0 saturated carbocycles. The smallest absolute Gasteiger partial charge is 0.306 e. The third-order valence-electron chi connectivity index (χ3n) is 16.6. The molecular weight excluding hydrogens is 1010 g/mol. The van der Waals surface area contributed by atoms with E-state index in [-0.39, 0.29) is 31.1 Å². The lowest BCUT2D eigenvalue weighted by molar-refractivity contribution is -0.167. The number of hydrogen-bond donors (Lipinski definition) is 0. The van der Waals surface area contributed by atoms with Crippen LogP contribution < -0.4 is 0 Å². The van der Waals surface area contributed by atoms with Crippen LogP contribution in [0.15, 0.2) is 48.6 Å². The van der Waals surface area contributed by atoms with Crippen molar-refractivity contribution < 1.29 is 28.6 Å². The Morgan fingerprint density at radius 2 is 0.476 bits per heavy atom. The van der Waals surface area contributed by atoms with Gasteiger partial charge in [-0.2, -0.15) is 0 Å². The molecule has 0 saturated heterocycles. The molecule has 0 aliphatic rings. The van der Waals surface area contributed by atoms with Crippen molar-refractivity contribution >= 4 is 17.9 Å². The van der Waals surface area contributed by atoms with E-state index in [1.54, 1.807) is 0 Å². The zero-order chi connectivity index (χ0) is 59.2. The van der Waals surface area contributed by atoms with Crippen LogP contribution in [-0.4, -0.2) is 37.2 Å². The molecule has 0 fully saturated rings. The zero-order valence-electron chi connectivity index (χ0n) is 55.3. The highest BCUT2D eigenvalue weighted by atomic mass is 16.6. The summed E-state index contributed by atoms with van der Waals surface area (Å²) in [6.07, 6.45) is 90.4. The summed E-state index contributed by atoms with van der Waals surface area (Å²) in [7, 11) is 0. The molecule has 82 heavy (non-hydrogen) atoms. The van der Waals surface area contributed by atoms with Crippen molar-refractivity contribution in [2.45, 2.75) is 406 Å². The van der Waals surface area contributed by atoms with Gasteiger partial charge in [0.25, 0.3) is 0 Å². The summed E-state index contributed by atoms with van der Waals surface area (Å²) in [5, 5.41) is 0. The Kier molecular flexibility index (Phi) is 68.6. The van der Waals surface area contributed by atoms with Gasteiger partial charge < -0.3 is 14.2 Å². The molecular formula is C76H140O6. The molecule has 0 aromatic carbocycles. The summed E-state index contributed by atoms with van der Waals surface area (Å²) in [4.78, 5) is 38.2. The summed E-state index contributed by atoms with van der Waals surface area (Å²) in [6.45, 7) is 6.57. The first-order valence-electron chi connectivity index (χ1n) is 36.6. The first-order chi connectivity index (χ1) is 40.5. The van der Waals surface area contributed by atoms with Crippen LogP contribution in [0.3, 0.4) is 0 Å². The van der Waals surface area contributed by atoms with Gasteiger partial charge in [0.1, 0.15) is 13.2 Å². The van der Waals surface area contributed by atoms with Crippen molar-refractivity contribution in [3.8, 4) is 0 Å². The Morgan fingerprint density at radius 3 is 0.744 bits per heavy atom. The number of esters is 3. The summed E-state index contributed by atoms with van der Waals surface area (Å²) in [5.41, 5.74) is 0. The minimum absolute atomic E-state index is 0.0647. The molecule has 0 aromatic rings. The first-order valence-corrected chi connectivity index (χ1v) is 36.6. The Hall–Kier alpha value is -2.63. The molecule has 0 spiro atoms. The molecule has 0 bridgehead atoms. The molecule has 0 aromatic heterocycles. The minimum Gasteiger partial charge on any atom is -0.462 e. The van der Waals surface area contributed by atoms with Crippen LogP contribution in [0.1, 0.15) is 400 Å². The lowest BCUT2D eigenvalue weighted by Crippen LogP contribution is -2.30. The van der Waals surface area contributed by atoms with Gasteiger partial charge in [-0.1, -0.05) is 371 Å². The quantitative estimate of drug-likeness (QED) is 0.0261. The molecule has 6 nitrogen and oxygen atoms in total. The molecule has 0 aliphatic carbocycles. The van der Waals surface area contributed by atoms with Crippen molar-refractivity contribution in [3.63, 3.8) is 0 Å². The second kappa shape index (κ2) is 70.9. The number of carbonyl (C=O) groups is 3. The summed E-state index contributed by atoms with van der Waals surface area (Å²) in [6, 6.07) is 0. The Bertz CT molecular complexity index is 1410. The van der Waals surface area contributed by atoms with Crippen molar-refractivity contribution in [1.82, 2.24) is 0 Å². The van der Waals surface area contributed by atoms with E-state index in [1.165, 1.54) is 276 Å². The molecule has 0 amide bonds. The lowest BCUT2D eigenvalue weighted by atomic mass is 10.0. The van der Waals surface area contributed by atoms with Crippen LogP contribution in [0.25, 0.3) is 0 Å². The number of ether oxygens (including phenoxy) is 3. The van der Waals surface area contributed by atoms with E-state index in [0.717, 1.165) is 83.5 Å². The molecule has 0 N–H and O–H groups in total. The molecule has 0 heterocycles. The maximum absolute atomic E-state index is 12.9. The van der Waals surface area contributed by atoms with Crippen molar-refractivity contribution in [2.75, 3.05) is 13.2 Å². The average Bonchev–Trinajstić information content (AvgIpc) is 3.47. The molecule has 1 unspecified atom stereocenters. The SMILES string of the molecule is CC/C=C\C/C=C\C/C=C\C/C=C\CCCCCCCCCCCCCCCCCCCCCCCCC(=O)OCC(COC(=O)CCCCCCCCCC)OC(=O)CCCCCCCCCCCCCCCCCCCCCCC. The maximum Gasteiger partial charge on any atom is 0.306 e. The van der Waals surface area contributed by atoms with Gasteiger partial charge in [0.15, 0.2) is 6.10 Å². The Balaban J connectivity index is 3.97. The number of allylic oxidation sites excluding steroid dienone is 8. The summed E-state index contributed by atoms with van der Waals surface area (Å²) >= 11 is 0. The standard InChI is InChI=1S/C76H140O6/c1-4-7-10-13-16-19-21-23-25-27-29-31-32-33-34-35-36-37-38-39-40-41-42-43-44-46-47-49-51-53-55-57-60-63-66-69-75(78)81-72-73(71-80-74(77)68-65-62-59-18-15-12-9-6-3)82-76(79)70-67-64-61-58-56-54-52-50-48-45-30-28-26-24-22-20-17-14-11-8-5-2/h7,10,16,19,23,25,29,31,73H,4-6,8-9,11-15,17-18,20-22,24,26-28,30,32-72H2,1-3H3/b10-7-,19-16-,25-23-,31-29-. The van der Waals surface area contributed by atoms with Gasteiger partial charge >= 0.3 is 17.9 Å². The molecule has 6 heteroatoms. The van der Waals surface area contributed by atoms with E-state index in [2.05, 4.69) is 69.4 Å². The van der Waals surface area contributed by atoms with Gasteiger partial charge in [0, 0.05) is 19.3 Å². The van der Waals surface area contributed by atoms with E-state index in [0.29, 0.717) is 19.3 Å². The number of hydrogen-bond acceptors (Lipinski definition) is 6. The highest BCUT2D eigenvalue weighted by Crippen LogP contribution is 2.19. The fourth-order valence-electron chi connectivity index (χ4n) is 11.1. The third kappa shape index (κ3) is 68.2. The monoisotopic (exact) mass is 1150 g/mol. The zero-order valence-corrected chi connectivity index (χ0v) is 55.3. The highest BCUT2D eigenvalue weighted by Gasteiger charge is 2.19.